The minimum Gasteiger partial charge on any atom is -0.493 e. The van der Waals surface area contributed by atoms with Crippen LogP contribution in [0, 0.1) is 5.92 Å². The van der Waals surface area contributed by atoms with E-state index < -0.39 is 0 Å². The van der Waals surface area contributed by atoms with Gasteiger partial charge in [-0.15, -0.1) is 12.4 Å². The van der Waals surface area contributed by atoms with Gasteiger partial charge in [0, 0.05) is 30.0 Å². The largest absolute Gasteiger partial charge is 0.493 e. The SMILES string of the molecule is CCCNCCNC(=O)C1CC12CCOc1ccccc12.Cl. The first kappa shape index (κ1) is 17.1. The number of para-hydroxylation sites is 1. The van der Waals surface area contributed by atoms with Crippen molar-refractivity contribution in [2.24, 2.45) is 5.92 Å². The first-order valence-corrected chi connectivity index (χ1v) is 7.98. The van der Waals surface area contributed by atoms with Crippen LogP contribution >= 0.6 is 12.4 Å². The average Bonchev–Trinajstić information content (AvgIpc) is 3.22. The number of hydrogen-bond donors (Lipinski definition) is 2. The third-order valence-electron chi connectivity index (χ3n) is 4.65. The summed E-state index contributed by atoms with van der Waals surface area (Å²) in [5, 5.41) is 6.37. The van der Waals surface area contributed by atoms with Crippen molar-refractivity contribution in [3.8, 4) is 5.75 Å². The summed E-state index contributed by atoms with van der Waals surface area (Å²) in [6.45, 7) is 5.43. The van der Waals surface area contributed by atoms with E-state index in [4.69, 9.17) is 4.74 Å². The number of halogens is 1. The van der Waals surface area contributed by atoms with Gasteiger partial charge in [0.15, 0.2) is 0 Å². The van der Waals surface area contributed by atoms with Crippen LogP contribution in [0.2, 0.25) is 0 Å². The van der Waals surface area contributed by atoms with E-state index in [1.54, 1.807) is 0 Å². The molecule has 122 valence electrons. The van der Waals surface area contributed by atoms with Gasteiger partial charge in [0.1, 0.15) is 5.75 Å². The molecule has 2 unspecified atom stereocenters. The molecule has 5 heteroatoms. The molecule has 1 amide bonds. The van der Waals surface area contributed by atoms with Gasteiger partial charge in [-0.3, -0.25) is 4.79 Å². The molecule has 1 heterocycles. The molecule has 2 N–H and O–H groups in total. The Bertz CT molecular complexity index is 523. The van der Waals surface area contributed by atoms with Crippen LogP contribution in [-0.2, 0) is 10.2 Å². The number of carbonyl (C=O) groups is 1. The topological polar surface area (TPSA) is 50.4 Å². The second-order valence-electron chi connectivity index (χ2n) is 6.05. The Labute approximate surface area is 138 Å². The van der Waals surface area contributed by atoms with Gasteiger partial charge in [-0.1, -0.05) is 25.1 Å². The number of nitrogens with one attached hydrogen (secondary N) is 2. The van der Waals surface area contributed by atoms with Crippen LogP contribution in [0.25, 0.3) is 0 Å². The molecule has 1 aliphatic heterocycles. The lowest BCUT2D eigenvalue weighted by atomic mass is 9.87. The summed E-state index contributed by atoms with van der Waals surface area (Å²) in [4.78, 5) is 12.3. The zero-order chi connectivity index (χ0) is 14.7. The van der Waals surface area contributed by atoms with E-state index in [1.165, 1.54) is 5.56 Å². The van der Waals surface area contributed by atoms with E-state index in [0.29, 0.717) is 6.54 Å². The first-order valence-electron chi connectivity index (χ1n) is 7.98. The number of amides is 1. The molecular weight excluding hydrogens is 300 g/mol. The number of benzene rings is 1. The minimum absolute atomic E-state index is 0. The van der Waals surface area contributed by atoms with Crippen LogP contribution in [0.5, 0.6) is 5.75 Å². The quantitative estimate of drug-likeness (QED) is 0.789. The molecule has 0 aromatic heterocycles. The highest BCUT2D eigenvalue weighted by Crippen LogP contribution is 2.60. The minimum atomic E-state index is 0. The van der Waals surface area contributed by atoms with Crippen LogP contribution in [0.15, 0.2) is 24.3 Å². The number of fused-ring (bicyclic) bond motifs is 2. The Kier molecular flexibility index (Phi) is 5.70. The molecule has 1 saturated carbocycles. The maximum absolute atomic E-state index is 12.3. The van der Waals surface area contributed by atoms with Gasteiger partial charge < -0.3 is 15.4 Å². The molecule has 1 fully saturated rings. The summed E-state index contributed by atoms with van der Waals surface area (Å²) < 4.78 is 5.71. The van der Waals surface area contributed by atoms with Gasteiger partial charge in [0.25, 0.3) is 0 Å². The van der Waals surface area contributed by atoms with Gasteiger partial charge in [0.2, 0.25) is 5.91 Å². The Hall–Kier alpha value is -1.26. The molecule has 22 heavy (non-hydrogen) atoms. The van der Waals surface area contributed by atoms with E-state index in [2.05, 4.69) is 23.6 Å². The molecular formula is C17H25ClN2O2. The Morgan fingerprint density at radius 2 is 2.14 bits per heavy atom. The number of carbonyl (C=O) groups excluding carboxylic acids is 1. The monoisotopic (exact) mass is 324 g/mol. The molecule has 1 spiro atoms. The van der Waals surface area contributed by atoms with Crippen molar-refractivity contribution in [1.29, 1.82) is 0 Å². The third kappa shape index (κ3) is 3.23. The van der Waals surface area contributed by atoms with E-state index in [9.17, 15) is 4.79 Å². The van der Waals surface area contributed by atoms with Crippen LogP contribution in [-0.4, -0.2) is 32.1 Å². The molecule has 3 rings (SSSR count). The summed E-state index contributed by atoms with van der Waals surface area (Å²) in [6.07, 6.45) is 3.04. The second kappa shape index (κ2) is 7.34. The fraction of sp³-hybridized carbons (Fsp3) is 0.588. The normalized spacial score (nSPS) is 24.9. The van der Waals surface area contributed by atoms with Gasteiger partial charge in [-0.05, 0) is 31.9 Å². The molecule has 0 saturated heterocycles. The van der Waals surface area contributed by atoms with E-state index in [-0.39, 0.29) is 29.6 Å². The molecule has 2 atom stereocenters. The van der Waals surface area contributed by atoms with Gasteiger partial charge in [0.05, 0.1) is 6.61 Å². The molecule has 4 nitrogen and oxygen atoms in total. The highest BCUT2D eigenvalue weighted by Gasteiger charge is 2.60. The Morgan fingerprint density at radius 3 is 2.95 bits per heavy atom. The van der Waals surface area contributed by atoms with Gasteiger partial charge >= 0.3 is 0 Å². The summed E-state index contributed by atoms with van der Waals surface area (Å²) in [5.74, 6) is 1.28. The molecule has 2 aliphatic rings. The van der Waals surface area contributed by atoms with Crippen molar-refractivity contribution in [1.82, 2.24) is 10.6 Å². The molecule has 0 radical (unpaired) electrons. The van der Waals surface area contributed by atoms with Gasteiger partial charge in [-0.2, -0.15) is 0 Å². The van der Waals surface area contributed by atoms with E-state index >= 15 is 0 Å². The molecule has 1 aliphatic carbocycles. The zero-order valence-electron chi connectivity index (χ0n) is 13.1. The average molecular weight is 325 g/mol. The second-order valence-corrected chi connectivity index (χ2v) is 6.05. The Morgan fingerprint density at radius 1 is 1.32 bits per heavy atom. The fourth-order valence-electron chi connectivity index (χ4n) is 3.40. The predicted octanol–water partition coefficient (Wildman–Crippen LogP) is 2.26. The summed E-state index contributed by atoms with van der Waals surface area (Å²) >= 11 is 0. The van der Waals surface area contributed by atoms with E-state index in [1.807, 2.05) is 18.2 Å². The number of hydrogen-bond acceptors (Lipinski definition) is 3. The lowest BCUT2D eigenvalue weighted by Gasteiger charge is -2.26. The molecule has 1 aromatic rings. The van der Waals surface area contributed by atoms with Crippen molar-refractivity contribution in [3.05, 3.63) is 29.8 Å². The fourth-order valence-corrected chi connectivity index (χ4v) is 3.40. The molecule has 0 bridgehead atoms. The lowest BCUT2D eigenvalue weighted by Crippen LogP contribution is -2.35. The Balaban J connectivity index is 0.00000176. The zero-order valence-corrected chi connectivity index (χ0v) is 13.9. The maximum Gasteiger partial charge on any atom is 0.224 e. The summed E-state index contributed by atoms with van der Waals surface area (Å²) in [7, 11) is 0. The lowest BCUT2D eigenvalue weighted by molar-refractivity contribution is -0.122. The van der Waals surface area contributed by atoms with Crippen LogP contribution in [0.3, 0.4) is 0 Å². The van der Waals surface area contributed by atoms with Crippen LogP contribution in [0.4, 0.5) is 0 Å². The first-order chi connectivity index (χ1) is 10.3. The van der Waals surface area contributed by atoms with Crippen molar-refractivity contribution >= 4 is 18.3 Å². The standard InChI is InChI=1S/C17H24N2O2.ClH/c1-2-8-18-9-10-19-16(20)14-12-17(14)7-11-21-15-6-4-3-5-13(15)17;/h3-6,14,18H,2,7-12H2,1H3,(H,19,20);1H. The van der Waals surface area contributed by atoms with Gasteiger partial charge in [-0.25, -0.2) is 0 Å². The van der Waals surface area contributed by atoms with Crippen molar-refractivity contribution < 1.29 is 9.53 Å². The highest BCUT2D eigenvalue weighted by atomic mass is 35.5. The van der Waals surface area contributed by atoms with Crippen molar-refractivity contribution in [2.75, 3.05) is 26.2 Å². The van der Waals surface area contributed by atoms with Crippen molar-refractivity contribution in [2.45, 2.75) is 31.6 Å². The van der Waals surface area contributed by atoms with E-state index in [0.717, 1.165) is 44.7 Å². The number of ether oxygens (including phenoxy) is 1. The smallest absolute Gasteiger partial charge is 0.224 e. The van der Waals surface area contributed by atoms with Crippen LogP contribution in [0.1, 0.15) is 31.7 Å². The molecule has 1 aromatic carbocycles. The summed E-state index contributed by atoms with van der Waals surface area (Å²) in [6, 6.07) is 8.16. The predicted molar refractivity (Wildman–Crippen MR) is 89.8 cm³/mol. The van der Waals surface area contributed by atoms with Crippen molar-refractivity contribution in [3.63, 3.8) is 0 Å². The highest BCUT2D eigenvalue weighted by molar-refractivity contribution is 5.85. The number of rotatable bonds is 6. The summed E-state index contributed by atoms with van der Waals surface area (Å²) in [5.41, 5.74) is 1.26. The third-order valence-corrected chi connectivity index (χ3v) is 4.65. The maximum atomic E-state index is 12.3. The van der Waals surface area contributed by atoms with Crippen LogP contribution < -0.4 is 15.4 Å².